The first kappa shape index (κ1) is 17.6. The Labute approximate surface area is 153 Å². The lowest BCUT2D eigenvalue weighted by molar-refractivity contribution is -0.113. The normalized spacial score (nSPS) is 11.0. The van der Waals surface area contributed by atoms with Crippen LogP contribution < -0.4 is 5.32 Å². The molecule has 3 heteroatoms. The van der Waals surface area contributed by atoms with Crippen LogP contribution in [0, 0.1) is 6.92 Å². The topological polar surface area (TPSA) is 29.1 Å². The molecule has 0 saturated heterocycles. The van der Waals surface area contributed by atoms with Crippen LogP contribution in [0.25, 0.3) is 10.8 Å². The molecule has 3 aromatic carbocycles. The molecule has 25 heavy (non-hydrogen) atoms. The highest BCUT2D eigenvalue weighted by Gasteiger charge is 2.12. The van der Waals surface area contributed by atoms with E-state index in [1.165, 1.54) is 16.3 Å². The molecule has 0 heterocycles. The molecule has 3 aromatic rings. The van der Waals surface area contributed by atoms with Crippen molar-refractivity contribution in [3.63, 3.8) is 0 Å². The van der Waals surface area contributed by atoms with Gasteiger partial charge in [-0.3, -0.25) is 4.79 Å². The predicted octanol–water partition coefficient (Wildman–Crippen LogP) is 6.00. The number of benzene rings is 3. The molecule has 128 valence electrons. The Morgan fingerprint density at radius 1 is 1.00 bits per heavy atom. The summed E-state index contributed by atoms with van der Waals surface area (Å²) < 4.78 is 0. The standard InChI is InChI=1S/C22H23NOS/c1-15(2)20-10-6-7-16(3)22(20)23-21(24)14-25-19-12-11-17-8-4-5-9-18(17)13-19/h4-13,15H,14H2,1-3H3,(H,23,24). The van der Waals surface area contributed by atoms with Crippen molar-refractivity contribution in [2.75, 3.05) is 11.1 Å². The largest absolute Gasteiger partial charge is 0.325 e. The predicted molar refractivity (Wildman–Crippen MR) is 109 cm³/mol. The van der Waals surface area contributed by atoms with Gasteiger partial charge >= 0.3 is 0 Å². The van der Waals surface area contributed by atoms with Gasteiger partial charge in [0.2, 0.25) is 5.91 Å². The van der Waals surface area contributed by atoms with E-state index < -0.39 is 0 Å². The van der Waals surface area contributed by atoms with E-state index in [1.807, 2.05) is 31.2 Å². The molecule has 0 saturated carbocycles. The maximum atomic E-state index is 12.4. The van der Waals surface area contributed by atoms with Crippen molar-refractivity contribution >= 4 is 34.1 Å². The molecule has 2 nitrogen and oxygen atoms in total. The zero-order chi connectivity index (χ0) is 17.8. The molecule has 0 bridgehead atoms. The zero-order valence-electron chi connectivity index (χ0n) is 14.9. The van der Waals surface area contributed by atoms with E-state index in [2.05, 4.69) is 55.6 Å². The van der Waals surface area contributed by atoms with Crippen molar-refractivity contribution < 1.29 is 4.79 Å². The fraction of sp³-hybridized carbons (Fsp3) is 0.227. The summed E-state index contributed by atoms with van der Waals surface area (Å²) in [7, 11) is 0. The van der Waals surface area contributed by atoms with Gasteiger partial charge in [0.1, 0.15) is 0 Å². The SMILES string of the molecule is Cc1cccc(C(C)C)c1NC(=O)CSc1ccc2ccccc2c1. The average Bonchev–Trinajstić information content (AvgIpc) is 2.61. The summed E-state index contributed by atoms with van der Waals surface area (Å²) in [5.41, 5.74) is 3.25. The quantitative estimate of drug-likeness (QED) is 0.572. The van der Waals surface area contributed by atoms with Gasteiger partial charge in [-0.15, -0.1) is 11.8 Å². The van der Waals surface area contributed by atoms with E-state index in [4.69, 9.17) is 0 Å². The molecule has 0 fully saturated rings. The number of carbonyl (C=O) groups is 1. The molecule has 3 rings (SSSR count). The Kier molecular flexibility index (Phi) is 5.44. The van der Waals surface area contributed by atoms with Gasteiger partial charge in [-0.1, -0.05) is 62.4 Å². The second-order valence-corrected chi connectivity index (χ2v) is 7.59. The van der Waals surface area contributed by atoms with E-state index >= 15 is 0 Å². The summed E-state index contributed by atoms with van der Waals surface area (Å²) in [6, 6.07) is 20.8. The molecular weight excluding hydrogens is 326 g/mol. The highest BCUT2D eigenvalue weighted by atomic mass is 32.2. The summed E-state index contributed by atoms with van der Waals surface area (Å²) in [5, 5.41) is 5.53. The van der Waals surface area contributed by atoms with Gasteiger partial charge in [0.05, 0.1) is 5.75 Å². The number of rotatable bonds is 5. The van der Waals surface area contributed by atoms with Crippen molar-refractivity contribution in [3.05, 3.63) is 71.8 Å². The first-order chi connectivity index (χ1) is 12.0. The average molecular weight is 349 g/mol. The van der Waals surface area contributed by atoms with Gasteiger partial charge < -0.3 is 5.32 Å². The molecule has 0 spiro atoms. The Balaban J connectivity index is 1.69. The van der Waals surface area contributed by atoms with Gasteiger partial charge in [0.25, 0.3) is 0 Å². The zero-order valence-corrected chi connectivity index (χ0v) is 15.7. The highest BCUT2D eigenvalue weighted by molar-refractivity contribution is 8.00. The number of amides is 1. The second-order valence-electron chi connectivity index (χ2n) is 6.54. The van der Waals surface area contributed by atoms with E-state index in [9.17, 15) is 4.79 Å². The van der Waals surface area contributed by atoms with Crippen LogP contribution >= 0.6 is 11.8 Å². The Hall–Kier alpha value is -2.26. The van der Waals surface area contributed by atoms with Crippen LogP contribution in [0.1, 0.15) is 30.9 Å². The van der Waals surface area contributed by atoms with Gasteiger partial charge in [-0.2, -0.15) is 0 Å². The number of anilines is 1. The summed E-state index contributed by atoms with van der Waals surface area (Å²) in [6.45, 7) is 6.33. The maximum absolute atomic E-state index is 12.4. The molecule has 0 aliphatic rings. The number of hydrogen-bond acceptors (Lipinski definition) is 2. The minimum Gasteiger partial charge on any atom is -0.325 e. The van der Waals surface area contributed by atoms with E-state index in [0.29, 0.717) is 11.7 Å². The lowest BCUT2D eigenvalue weighted by Crippen LogP contribution is -2.16. The van der Waals surface area contributed by atoms with Crippen LogP contribution in [0.15, 0.2) is 65.6 Å². The third-order valence-corrected chi connectivity index (χ3v) is 5.28. The van der Waals surface area contributed by atoms with Crippen molar-refractivity contribution in [2.24, 2.45) is 0 Å². The molecule has 0 aliphatic carbocycles. The molecule has 0 atom stereocenters. The monoisotopic (exact) mass is 349 g/mol. The number of aryl methyl sites for hydroxylation is 1. The molecular formula is C22H23NOS. The smallest absolute Gasteiger partial charge is 0.234 e. The van der Waals surface area contributed by atoms with Gasteiger partial charge in [-0.25, -0.2) is 0 Å². The van der Waals surface area contributed by atoms with Crippen LogP contribution in [0.3, 0.4) is 0 Å². The number of nitrogens with one attached hydrogen (secondary N) is 1. The van der Waals surface area contributed by atoms with E-state index in [1.54, 1.807) is 11.8 Å². The molecule has 1 amide bonds. The van der Waals surface area contributed by atoms with Crippen molar-refractivity contribution in [1.82, 2.24) is 0 Å². The van der Waals surface area contributed by atoms with Crippen LogP contribution in [0.4, 0.5) is 5.69 Å². The summed E-state index contributed by atoms with van der Waals surface area (Å²) in [5.74, 6) is 0.821. The van der Waals surface area contributed by atoms with Crippen LogP contribution in [-0.4, -0.2) is 11.7 Å². The Bertz CT molecular complexity index is 901. The number of carbonyl (C=O) groups excluding carboxylic acids is 1. The van der Waals surface area contributed by atoms with Gasteiger partial charge in [0, 0.05) is 10.6 Å². The molecule has 0 radical (unpaired) electrons. The van der Waals surface area contributed by atoms with Gasteiger partial charge in [-0.05, 0) is 46.9 Å². The number of fused-ring (bicyclic) bond motifs is 1. The maximum Gasteiger partial charge on any atom is 0.234 e. The lowest BCUT2D eigenvalue weighted by atomic mass is 9.98. The number of hydrogen-bond donors (Lipinski definition) is 1. The minimum absolute atomic E-state index is 0.0364. The molecule has 1 N–H and O–H groups in total. The van der Waals surface area contributed by atoms with Crippen LogP contribution in [-0.2, 0) is 4.79 Å². The lowest BCUT2D eigenvalue weighted by Gasteiger charge is -2.16. The fourth-order valence-electron chi connectivity index (χ4n) is 2.92. The van der Waals surface area contributed by atoms with E-state index in [0.717, 1.165) is 16.1 Å². The molecule has 0 aromatic heterocycles. The second kappa shape index (κ2) is 7.75. The Morgan fingerprint density at radius 3 is 2.52 bits per heavy atom. The third-order valence-electron chi connectivity index (χ3n) is 4.28. The van der Waals surface area contributed by atoms with Gasteiger partial charge in [0.15, 0.2) is 0 Å². The third kappa shape index (κ3) is 4.23. The summed E-state index contributed by atoms with van der Waals surface area (Å²) in [6.07, 6.45) is 0. The Morgan fingerprint density at radius 2 is 1.76 bits per heavy atom. The van der Waals surface area contributed by atoms with Crippen LogP contribution in [0.5, 0.6) is 0 Å². The molecule has 0 aliphatic heterocycles. The summed E-state index contributed by atoms with van der Waals surface area (Å²) >= 11 is 1.57. The fourth-order valence-corrected chi connectivity index (χ4v) is 3.67. The van der Waals surface area contributed by atoms with Crippen molar-refractivity contribution in [2.45, 2.75) is 31.6 Å². The number of para-hydroxylation sites is 1. The van der Waals surface area contributed by atoms with Crippen LogP contribution in [0.2, 0.25) is 0 Å². The molecule has 0 unspecified atom stereocenters. The first-order valence-electron chi connectivity index (χ1n) is 8.55. The summed E-state index contributed by atoms with van der Waals surface area (Å²) in [4.78, 5) is 13.6. The van der Waals surface area contributed by atoms with E-state index in [-0.39, 0.29) is 5.91 Å². The highest BCUT2D eigenvalue weighted by Crippen LogP contribution is 2.28. The first-order valence-corrected chi connectivity index (χ1v) is 9.54. The minimum atomic E-state index is 0.0364. The van der Waals surface area contributed by atoms with Crippen molar-refractivity contribution in [1.29, 1.82) is 0 Å². The number of thioether (sulfide) groups is 1. The van der Waals surface area contributed by atoms with Crippen molar-refractivity contribution in [3.8, 4) is 0 Å².